The van der Waals surface area contributed by atoms with E-state index in [0.29, 0.717) is 0 Å². The molecule has 300 valence electrons. The van der Waals surface area contributed by atoms with Gasteiger partial charge >= 0.3 is 6.03 Å². The van der Waals surface area contributed by atoms with Crippen LogP contribution < -0.4 is 19.9 Å². The fraction of sp³-hybridized carbons (Fsp3) is 0.474. The van der Waals surface area contributed by atoms with E-state index in [4.69, 9.17) is 20.2 Å². The monoisotopic (exact) mass is 808 g/mol. The molecule has 18 heteroatoms. The average molecular weight is 809 g/mol. The first kappa shape index (κ1) is 40.9. The Hall–Kier alpha value is -4.80. The number of primary sulfonamides is 1. The minimum absolute atomic E-state index is 0.105. The predicted molar refractivity (Wildman–Crippen MR) is 206 cm³/mol. The van der Waals surface area contributed by atoms with Crippen molar-refractivity contribution in [2.24, 2.45) is 5.14 Å². The molecule has 4 aromatic rings. The zero-order chi connectivity index (χ0) is 40.2. The summed E-state index contributed by atoms with van der Waals surface area (Å²) in [6.07, 6.45) is 17.5. The van der Waals surface area contributed by atoms with Crippen molar-refractivity contribution in [1.29, 1.82) is 5.26 Å². The van der Waals surface area contributed by atoms with Gasteiger partial charge in [-0.15, -0.1) is 5.26 Å². The number of amides is 2. The number of hydrogen-bond acceptors (Lipinski definition) is 11. The van der Waals surface area contributed by atoms with E-state index in [2.05, 4.69) is 32.4 Å². The first-order valence-electron chi connectivity index (χ1n) is 18.8. The number of urea groups is 1. The summed E-state index contributed by atoms with van der Waals surface area (Å²) in [4.78, 5) is 12.5. The lowest BCUT2D eigenvalue weighted by Crippen LogP contribution is -2.35. The smallest absolute Gasteiger partial charge is 0.333 e. The summed E-state index contributed by atoms with van der Waals surface area (Å²) in [6, 6.07) is 5.80. The zero-order valence-corrected chi connectivity index (χ0v) is 33.1. The topological polar surface area (TPSA) is 245 Å². The molecule has 2 aromatic carbocycles. The predicted octanol–water partition coefficient (Wildman–Crippen LogP) is 3.53. The van der Waals surface area contributed by atoms with Crippen molar-refractivity contribution in [2.45, 2.75) is 113 Å². The van der Waals surface area contributed by atoms with Crippen LogP contribution in [-0.2, 0) is 71.4 Å². The Morgan fingerprint density at radius 2 is 1.21 bits per heavy atom. The van der Waals surface area contributed by atoms with Gasteiger partial charge in [-0.1, -0.05) is 12.1 Å². The molecule has 16 nitrogen and oxygen atoms in total. The molecule has 0 bridgehead atoms. The van der Waals surface area contributed by atoms with Crippen molar-refractivity contribution in [2.75, 3.05) is 18.5 Å². The van der Waals surface area contributed by atoms with Gasteiger partial charge in [-0.25, -0.2) is 23.1 Å². The maximum atomic E-state index is 12.5. The van der Waals surface area contributed by atoms with Crippen molar-refractivity contribution >= 4 is 31.8 Å². The van der Waals surface area contributed by atoms with Crippen LogP contribution >= 0.6 is 0 Å². The van der Waals surface area contributed by atoms with E-state index in [1.165, 1.54) is 80.1 Å². The summed E-state index contributed by atoms with van der Waals surface area (Å²) < 4.78 is 56.6. The van der Waals surface area contributed by atoms with Gasteiger partial charge in [0, 0.05) is 18.1 Å². The van der Waals surface area contributed by atoms with Crippen molar-refractivity contribution in [3.63, 3.8) is 0 Å². The molecule has 2 amide bonds. The number of aromatic nitrogens is 4. The number of ether oxygens (including phenoxy) is 1. The Bertz CT molecular complexity index is 2300. The fourth-order valence-electron chi connectivity index (χ4n) is 7.81. The second-order valence-corrected chi connectivity index (χ2v) is 17.7. The highest BCUT2D eigenvalue weighted by Gasteiger charge is 2.28. The molecule has 8 rings (SSSR count). The maximum Gasteiger partial charge on any atom is 0.333 e. The quantitative estimate of drug-likeness (QED) is 0.153. The number of nitriles is 1. The van der Waals surface area contributed by atoms with Crippen LogP contribution in [0.25, 0.3) is 0 Å². The first-order valence-corrected chi connectivity index (χ1v) is 21.8. The number of hydrogen-bond donors (Lipinski definition) is 5. The molecule has 0 radical (unpaired) electrons. The Labute approximate surface area is 326 Å². The molecule has 0 saturated carbocycles. The summed E-state index contributed by atoms with van der Waals surface area (Å²) >= 11 is 0. The van der Waals surface area contributed by atoms with Gasteiger partial charge in [0.1, 0.15) is 5.75 Å². The van der Waals surface area contributed by atoms with Crippen molar-refractivity contribution in [1.82, 2.24) is 24.3 Å². The molecule has 2 atom stereocenters. The van der Waals surface area contributed by atoms with Gasteiger partial charge in [0.2, 0.25) is 0 Å². The molecular formula is C38H48N8O8S2. The van der Waals surface area contributed by atoms with Gasteiger partial charge in [0.25, 0.3) is 26.3 Å². The Balaban J connectivity index is 0.000000159. The van der Waals surface area contributed by atoms with Gasteiger partial charge in [-0.05, 0) is 148 Å². The van der Waals surface area contributed by atoms with Crippen LogP contribution in [0.15, 0.2) is 46.7 Å². The van der Waals surface area contributed by atoms with E-state index in [9.17, 15) is 26.7 Å². The van der Waals surface area contributed by atoms with E-state index >= 15 is 0 Å². The number of fused-ring (bicyclic) bond motifs is 4. The lowest BCUT2D eigenvalue weighted by atomic mass is 9.99. The maximum absolute atomic E-state index is 12.5. The molecule has 2 heterocycles. The largest absolute Gasteiger partial charge is 0.394 e. The number of nitrogens with two attached hydrogens (primary N) is 1. The number of carbonyl (C=O) groups excluding carboxylic acids is 1. The number of nitrogens with zero attached hydrogens (tertiary/aromatic N) is 5. The van der Waals surface area contributed by atoms with Crippen molar-refractivity contribution < 1.29 is 36.6 Å². The number of aliphatic hydroxyl groups is 2. The number of rotatable bonds is 9. The van der Waals surface area contributed by atoms with E-state index < -0.39 is 26.1 Å². The molecule has 4 aliphatic carbocycles. The highest BCUT2D eigenvalue weighted by atomic mass is 32.2. The number of benzene rings is 2. The van der Waals surface area contributed by atoms with Gasteiger partial charge in [-0.2, -0.15) is 18.6 Å². The highest BCUT2D eigenvalue weighted by Crippen LogP contribution is 2.40. The Morgan fingerprint density at radius 3 is 1.64 bits per heavy atom. The molecule has 4 aliphatic rings. The molecule has 0 spiro atoms. The number of aryl methyl sites for hydroxylation is 4. The van der Waals surface area contributed by atoms with Crippen LogP contribution in [0.3, 0.4) is 0 Å². The first-order chi connectivity index (χ1) is 26.7. The Kier molecular flexibility index (Phi) is 12.5. The normalized spacial score (nSPS) is 16.1. The van der Waals surface area contributed by atoms with E-state index in [-0.39, 0.29) is 35.3 Å². The highest BCUT2D eigenvalue weighted by molar-refractivity contribution is 7.90. The zero-order valence-electron chi connectivity index (χ0n) is 31.5. The molecule has 0 unspecified atom stereocenters. The average Bonchev–Trinajstić information content (AvgIpc) is 4.01. The molecule has 0 fully saturated rings. The fourth-order valence-corrected chi connectivity index (χ4v) is 9.11. The van der Waals surface area contributed by atoms with Crippen LogP contribution in [0.1, 0.15) is 96.1 Å². The van der Waals surface area contributed by atoms with E-state index in [0.717, 1.165) is 86.8 Å². The molecular weight excluding hydrogens is 761 g/mol. The van der Waals surface area contributed by atoms with Crippen LogP contribution in [-0.4, -0.2) is 65.9 Å². The van der Waals surface area contributed by atoms with E-state index in [1.807, 2.05) is 6.26 Å². The summed E-state index contributed by atoms with van der Waals surface area (Å²) in [5, 5.41) is 41.5. The van der Waals surface area contributed by atoms with Crippen LogP contribution in [0.5, 0.6) is 5.75 Å². The van der Waals surface area contributed by atoms with Crippen LogP contribution in [0, 0.1) is 11.5 Å². The number of sulfonamides is 2. The van der Waals surface area contributed by atoms with Crippen LogP contribution in [0.2, 0.25) is 0 Å². The lowest BCUT2D eigenvalue weighted by Gasteiger charge is -2.16. The summed E-state index contributed by atoms with van der Waals surface area (Å²) in [5.41, 5.74) is 11.0. The minimum Gasteiger partial charge on any atom is -0.394 e. The standard InChI is InChI=1S/C19H24N4O4S.C13H13NO.C6H11N3O3S/c1-12(11-24)23-9-8-17(21-23)28(26,27)22-19(25)20-18-15-6-2-4-13(15)10-14-5-3-7-16(14)18;14-8-15-13-11-5-1-3-9(11)7-10-4-2-6-12(10)13;1-5(4-10)9-3-2-6(8-9)13(7,11)12/h8-10,12,24H,2-7,11H2,1H3,(H2,20,22,25);7H,1-6H2;2-3,5,10H,4H2,1H3,(H2,7,11,12)/t12-;;5-/m1.1/s1. The lowest BCUT2D eigenvalue weighted by molar-refractivity contribution is 0.228. The van der Waals surface area contributed by atoms with Gasteiger partial charge < -0.3 is 20.3 Å². The van der Waals surface area contributed by atoms with Gasteiger partial charge in [-0.3, -0.25) is 9.36 Å². The van der Waals surface area contributed by atoms with Crippen molar-refractivity contribution in [3.8, 4) is 12.0 Å². The van der Waals surface area contributed by atoms with Crippen molar-refractivity contribution in [3.05, 3.63) is 81.2 Å². The van der Waals surface area contributed by atoms with Gasteiger partial charge in [0.15, 0.2) is 10.1 Å². The summed E-state index contributed by atoms with van der Waals surface area (Å²) in [7, 11) is -7.84. The third-order valence-corrected chi connectivity index (χ3v) is 12.7. The second-order valence-electron chi connectivity index (χ2n) is 14.6. The number of carbonyl (C=O) groups is 1. The minimum atomic E-state index is -4.10. The second kappa shape index (κ2) is 17.1. The third kappa shape index (κ3) is 8.92. The third-order valence-electron chi connectivity index (χ3n) is 10.7. The summed E-state index contributed by atoms with van der Waals surface area (Å²) in [5.74, 6) is 0.903. The molecule has 6 N–H and O–H groups in total. The van der Waals surface area contributed by atoms with Gasteiger partial charge in [0.05, 0.1) is 25.3 Å². The molecule has 0 aliphatic heterocycles. The molecule has 0 saturated heterocycles. The molecule has 2 aromatic heterocycles. The Morgan fingerprint density at radius 1 is 0.786 bits per heavy atom. The molecule has 56 heavy (non-hydrogen) atoms. The summed E-state index contributed by atoms with van der Waals surface area (Å²) in [6.45, 7) is 3.14. The van der Waals surface area contributed by atoms with Crippen LogP contribution in [0.4, 0.5) is 10.5 Å². The number of nitrogens with one attached hydrogen (secondary N) is 2. The van der Waals surface area contributed by atoms with E-state index in [1.54, 1.807) is 13.8 Å². The number of aliphatic hydroxyl groups excluding tert-OH is 2. The number of anilines is 1. The SMILES string of the molecule is C[C@H](CO)n1ccc(S(=O)(=O)NC(=O)Nc2c3c(cc4c2CCC4)CCC3)n1.C[C@H](CO)n1ccc(S(N)(=O)=O)n1.N#COc1c2c(cc3c1CCC3)CCC2.